The quantitative estimate of drug-likeness (QED) is 0.274. The van der Waals surface area contributed by atoms with E-state index in [1.165, 1.54) is 11.8 Å². The van der Waals surface area contributed by atoms with E-state index in [0.717, 1.165) is 28.4 Å². The largest absolute Gasteiger partial charge is 0.497 e. The van der Waals surface area contributed by atoms with Crippen LogP contribution in [0.4, 0.5) is 0 Å². The topological polar surface area (TPSA) is 101 Å². The molecule has 3 aromatic heterocycles. The molecule has 0 atom stereocenters. The van der Waals surface area contributed by atoms with Crippen LogP contribution in [0.15, 0.2) is 80.9 Å². The summed E-state index contributed by atoms with van der Waals surface area (Å²) in [5.41, 5.74) is 1.72. The van der Waals surface area contributed by atoms with E-state index < -0.39 is 0 Å². The van der Waals surface area contributed by atoms with Crippen molar-refractivity contribution in [3.8, 4) is 34.3 Å². The van der Waals surface area contributed by atoms with Gasteiger partial charge < -0.3 is 18.3 Å². The second-order valence-electron chi connectivity index (χ2n) is 7.22. The molecule has 0 N–H and O–H groups in total. The zero-order valence-electron chi connectivity index (χ0n) is 18.5. The highest BCUT2D eigenvalue weighted by Crippen LogP contribution is 2.30. The molecule has 0 spiro atoms. The molecular weight excluding hydrogens is 454 g/mol. The third kappa shape index (κ3) is 4.67. The first-order valence-electron chi connectivity index (χ1n) is 10.4. The summed E-state index contributed by atoms with van der Waals surface area (Å²) < 4.78 is 24.0. The van der Waals surface area contributed by atoms with Gasteiger partial charge in [-0.05, 0) is 48.5 Å². The van der Waals surface area contributed by atoms with E-state index in [0.29, 0.717) is 35.1 Å². The molecule has 0 aliphatic rings. The number of benzene rings is 2. The summed E-state index contributed by atoms with van der Waals surface area (Å²) in [7, 11) is 3.26. The van der Waals surface area contributed by atoms with Crippen molar-refractivity contribution in [3.63, 3.8) is 0 Å². The molecule has 0 fully saturated rings. The minimum atomic E-state index is 0.442. The molecule has 0 aliphatic carbocycles. The lowest BCUT2D eigenvalue weighted by molar-refractivity contribution is 0.414. The normalized spacial score (nSPS) is 11.0. The summed E-state index contributed by atoms with van der Waals surface area (Å²) in [5.74, 6) is 4.40. The summed E-state index contributed by atoms with van der Waals surface area (Å²) in [6, 6.07) is 19.0. The van der Waals surface area contributed by atoms with Gasteiger partial charge in [0.05, 0.1) is 32.8 Å². The van der Waals surface area contributed by atoms with Gasteiger partial charge in [-0.15, -0.1) is 20.4 Å². The Kier molecular flexibility index (Phi) is 6.30. The van der Waals surface area contributed by atoms with Gasteiger partial charge in [-0.1, -0.05) is 23.9 Å². The zero-order valence-corrected chi connectivity index (χ0v) is 19.4. The van der Waals surface area contributed by atoms with Gasteiger partial charge in [0.15, 0.2) is 11.0 Å². The Bertz CT molecular complexity index is 1360. The monoisotopic (exact) mass is 475 g/mol. The Labute approximate surface area is 199 Å². The molecule has 5 rings (SSSR count). The van der Waals surface area contributed by atoms with Crippen molar-refractivity contribution >= 4 is 11.8 Å². The molecule has 10 heteroatoms. The predicted molar refractivity (Wildman–Crippen MR) is 126 cm³/mol. The average Bonchev–Trinajstić information content (AvgIpc) is 3.65. The van der Waals surface area contributed by atoms with Crippen LogP contribution in [0.1, 0.15) is 11.7 Å². The highest BCUT2D eigenvalue weighted by molar-refractivity contribution is 7.98. The van der Waals surface area contributed by atoms with Crippen molar-refractivity contribution in [3.05, 3.63) is 78.6 Å². The van der Waals surface area contributed by atoms with E-state index in [1.54, 1.807) is 20.5 Å². The van der Waals surface area contributed by atoms with Gasteiger partial charge in [0, 0.05) is 11.1 Å². The number of hydrogen-bond acceptors (Lipinski definition) is 9. The Morgan fingerprint density at radius 1 is 0.853 bits per heavy atom. The summed E-state index contributed by atoms with van der Waals surface area (Å²) in [6.07, 6.45) is 1.65. The summed E-state index contributed by atoms with van der Waals surface area (Å²) >= 11 is 1.46. The van der Waals surface area contributed by atoms with E-state index in [9.17, 15) is 0 Å². The Morgan fingerprint density at radius 3 is 2.47 bits per heavy atom. The van der Waals surface area contributed by atoms with Crippen LogP contribution < -0.4 is 9.47 Å². The first kappa shape index (κ1) is 21.8. The highest BCUT2D eigenvalue weighted by Gasteiger charge is 2.18. The zero-order chi connectivity index (χ0) is 23.3. The SMILES string of the molecule is COc1ccc(-c2nnc(CSc3nnc(-c4cccc(OC)c4)n3Cc3ccco3)o2)cc1. The van der Waals surface area contributed by atoms with Crippen molar-refractivity contribution < 1.29 is 18.3 Å². The van der Waals surface area contributed by atoms with Crippen LogP contribution in [-0.4, -0.2) is 39.2 Å². The van der Waals surface area contributed by atoms with Crippen molar-refractivity contribution in [2.24, 2.45) is 0 Å². The lowest BCUT2D eigenvalue weighted by Crippen LogP contribution is -2.03. The minimum absolute atomic E-state index is 0.442. The molecule has 2 aromatic carbocycles. The Morgan fingerprint density at radius 2 is 1.71 bits per heavy atom. The lowest BCUT2D eigenvalue weighted by atomic mass is 10.2. The number of hydrogen-bond donors (Lipinski definition) is 0. The average molecular weight is 476 g/mol. The van der Waals surface area contributed by atoms with E-state index in [4.69, 9.17) is 18.3 Å². The fourth-order valence-corrected chi connectivity index (χ4v) is 4.14. The number of nitrogens with zero attached hydrogens (tertiary/aromatic N) is 5. The number of ether oxygens (including phenoxy) is 2. The molecular formula is C24H21N5O4S. The number of methoxy groups -OCH3 is 2. The first-order chi connectivity index (χ1) is 16.7. The van der Waals surface area contributed by atoms with Crippen LogP contribution in [0, 0.1) is 0 Å². The Hall–Kier alpha value is -4.05. The molecule has 0 saturated carbocycles. The van der Waals surface area contributed by atoms with Gasteiger partial charge in [0.2, 0.25) is 11.8 Å². The summed E-state index contributed by atoms with van der Waals surface area (Å²) in [6.45, 7) is 0.482. The molecule has 9 nitrogen and oxygen atoms in total. The Balaban J connectivity index is 1.38. The van der Waals surface area contributed by atoms with Crippen molar-refractivity contribution in [1.82, 2.24) is 25.0 Å². The molecule has 0 aliphatic heterocycles. The third-order valence-electron chi connectivity index (χ3n) is 5.07. The maximum Gasteiger partial charge on any atom is 0.247 e. The van der Waals surface area contributed by atoms with Gasteiger partial charge in [-0.25, -0.2) is 0 Å². The van der Waals surface area contributed by atoms with Crippen molar-refractivity contribution in [2.75, 3.05) is 14.2 Å². The third-order valence-corrected chi connectivity index (χ3v) is 6.02. The number of furan rings is 1. The van der Waals surface area contributed by atoms with Crippen molar-refractivity contribution in [2.45, 2.75) is 17.5 Å². The smallest absolute Gasteiger partial charge is 0.247 e. The second kappa shape index (κ2) is 9.84. The molecule has 0 radical (unpaired) electrons. The fraction of sp³-hybridized carbons (Fsp3) is 0.167. The van der Waals surface area contributed by atoms with Crippen LogP contribution in [-0.2, 0) is 12.3 Å². The molecule has 0 unspecified atom stereocenters. The summed E-state index contributed by atoms with van der Waals surface area (Å²) in [4.78, 5) is 0. The molecule has 0 amide bonds. The van der Waals surface area contributed by atoms with Gasteiger partial charge in [-0.2, -0.15) is 0 Å². The molecule has 172 valence electrons. The van der Waals surface area contributed by atoms with Gasteiger partial charge >= 0.3 is 0 Å². The van der Waals surface area contributed by atoms with Crippen LogP contribution in [0.3, 0.4) is 0 Å². The maximum atomic E-state index is 5.86. The van der Waals surface area contributed by atoms with Crippen LogP contribution in [0.5, 0.6) is 11.5 Å². The molecule has 34 heavy (non-hydrogen) atoms. The molecule has 0 saturated heterocycles. The van der Waals surface area contributed by atoms with Gasteiger partial charge in [-0.3, -0.25) is 4.57 Å². The van der Waals surface area contributed by atoms with E-state index >= 15 is 0 Å². The number of aromatic nitrogens is 5. The maximum absolute atomic E-state index is 5.86. The van der Waals surface area contributed by atoms with E-state index in [-0.39, 0.29) is 0 Å². The van der Waals surface area contributed by atoms with Crippen LogP contribution in [0.25, 0.3) is 22.8 Å². The first-order valence-corrected chi connectivity index (χ1v) is 11.4. The fourth-order valence-electron chi connectivity index (χ4n) is 3.36. The van der Waals surface area contributed by atoms with E-state index in [1.807, 2.05) is 65.2 Å². The minimum Gasteiger partial charge on any atom is -0.497 e. The second-order valence-corrected chi connectivity index (χ2v) is 8.16. The molecule has 3 heterocycles. The summed E-state index contributed by atoms with van der Waals surface area (Å²) in [5, 5.41) is 17.9. The van der Waals surface area contributed by atoms with Crippen molar-refractivity contribution in [1.29, 1.82) is 0 Å². The molecule has 0 bridgehead atoms. The van der Waals surface area contributed by atoms with E-state index in [2.05, 4.69) is 20.4 Å². The van der Waals surface area contributed by atoms with Gasteiger partial charge in [0.25, 0.3) is 0 Å². The van der Waals surface area contributed by atoms with Crippen LogP contribution >= 0.6 is 11.8 Å². The standard InChI is InChI=1S/C24H21N5O4S/c1-30-18-10-8-16(9-11-18)23-27-25-21(33-23)15-34-24-28-26-22(17-5-3-6-19(13-17)31-2)29(24)14-20-7-4-12-32-20/h3-13H,14-15H2,1-2H3. The lowest BCUT2D eigenvalue weighted by Gasteiger charge is -2.09. The van der Waals surface area contributed by atoms with Crippen LogP contribution in [0.2, 0.25) is 0 Å². The number of rotatable bonds is 9. The van der Waals surface area contributed by atoms with Gasteiger partial charge in [0.1, 0.15) is 17.3 Å². The highest BCUT2D eigenvalue weighted by atomic mass is 32.2. The number of thioether (sulfide) groups is 1. The molecule has 5 aromatic rings. The predicted octanol–water partition coefficient (Wildman–Crippen LogP) is 4.95.